The molecule has 4 nitrogen and oxygen atoms in total. The number of amides is 1. The summed E-state index contributed by atoms with van der Waals surface area (Å²) in [6.45, 7) is 0.380. The Balaban J connectivity index is 1.93. The van der Waals surface area contributed by atoms with Gasteiger partial charge < -0.3 is 9.84 Å². The fourth-order valence-electron chi connectivity index (χ4n) is 1.02. The summed E-state index contributed by atoms with van der Waals surface area (Å²) in [7, 11) is 0. The minimum Gasteiger partial charge on any atom is -0.364 e. The summed E-state index contributed by atoms with van der Waals surface area (Å²) in [5.74, 6) is -0.103. The molecule has 0 atom stereocenters. The van der Waals surface area contributed by atoms with E-state index in [4.69, 9.17) is 0 Å². The van der Waals surface area contributed by atoms with E-state index >= 15 is 0 Å². The number of nitrogens with zero attached hydrogens (tertiary/aromatic N) is 1. The van der Waals surface area contributed by atoms with Crippen LogP contribution in [-0.2, 0) is 6.54 Å². The van der Waals surface area contributed by atoms with E-state index in [0.29, 0.717) is 17.1 Å². The van der Waals surface area contributed by atoms with Crippen molar-refractivity contribution in [2.24, 2.45) is 0 Å². The zero-order chi connectivity index (χ0) is 10.7. The summed E-state index contributed by atoms with van der Waals surface area (Å²) in [5.41, 5.74) is 0.707. The SMILES string of the molecule is O=C(NCc1ccon1)c1ccc(Br)s1. The minimum absolute atomic E-state index is 0.103. The first-order valence-corrected chi connectivity index (χ1v) is 5.79. The third-order valence-corrected chi connectivity index (χ3v) is 3.34. The Bertz CT molecular complexity index is 452. The third-order valence-electron chi connectivity index (χ3n) is 1.72. The predicted molar refractivity (Wildman–Crippen MR) is 59.7 cm³/mol. The van der Waals surface area contributed by atoms with Gasteiger partial charge in [-0.15, -0.1) is 11.3 Å². The molecule has 0 aliphatic heterocycles. The molecule has 0 fully saturated rings. The summed E-state index contributed by atoms with van der Waals surface area (Å²) in [6, 6.07) is 5.33. The lowest BCUT2D eigenvalue weighted by atomic mass is 10.4. The van der Waals surface area contributed by atoms with Gasteiger partial charge in [0.25, 0.3) is 5.91 Å². The van der Waals surface area contributed by atoms with Crippen molar-refractivity contribution in [3.05, 3.63) is 38.8 Å². The van der Waals surface area contributed by atoms with Gasteiger partial charge in [-0.1, -0.05) is 5.16 Å². The number of halogens is 1. The van der Waals surface area contributed by atoms with Crippen molar-refractivity contribution in [3.8, 4) is 0 Å². The molecule has 0 saturated carbocycles. The lowest BCUT2D eigenvalue weighted by molar-refractivity contribution is 0.0954. The van der Waals surface area contributed by atoms with Crippen molar-refractivity contribution >= 4 is 33.2 Å². The number of carbonyl (C=O) groups excluding carboxylic acids is 1. The van der Waals surface area contributed by atoms with Crippen LogP contribution >= 0.6 is 27.3 Å². The maximum Gasteiger partial charge on any atom is 0.261 e. The number of hydrogen-bond donors (Lipinski definition) is 1. The van der Waals surface area contributed by atoms with Crippen LogP contribution in [0.4, 0.5) is 0 Å². The highest BCUT2D eigenvalue weighted by molar-refractivity contribution is 9.11. The van der Waals surface area contributed by atoms with Gasteiger partial charge in [-0.3, -0.25) is 4.79 Å². The van der Waals surface area contributed by atoms with E-state index in [2.05, 4.69) is 30.9 Å². The summed E-state index contributed by atoms with van der Waals surface area (Å²) in [6.07, 6.45) is 1.48. The standard InChI is InChI=1S/C9H7BrN2O2S/c10-8-2-1-7(15-8)9(13)11-5-6-3-4-14-12-6/h1-4H,5H2,(H,11,13). The van der Waals surface area contributed by atoms with Crippen LogP contribution in [0.15, 0.2) is 32.8 Å². The first kappa shape index (κ1) is 10.4. The van der Waals surface area contributed by atoms with E-state index in [1.165, 1.54) is 17.6 Å². The maximum absolute atomic E-state index is 11.6. The Hall–Kier alpha value is -1.14. The van der Waals surface area contributed by atoms with E-state index in [-0.39, 0.29) is 5.91 Å². The molecule has 15 heavy (non-hydrogen) atoms. The molecule has 1 N–H and O–H groups in total. The Morgan fingerprint density at radius 2 is 2.40 bits per heavy atom. The van der Waals surface area contributed by atoms with Gasteiger partial charge in [-0.2, -0.15) is 0 Å². The third kappa shape index (κ3) is 2.66. The highest BCUT2D eigenvalue weighted by atomic mass is 79.9. The van der Waals surface area contributed by atoms with Gasteiger partial charge in [0.05, 0.1) is 15.2 Å². The predicted octanol–water partition coefficient (Wildman–Crippen LogP) is 2.43. The Morgan fingerprint density at radius 3 is 3.00 bits per heavy atom. The van der Waals surface area contributed by atoms with Crippen LogP contribution in [0.3, 0.4) is 0 Å². The summed E-state index contributed by atoms with van der Waals surface area (Å²) < 4.78 is 5.59. The molecular formula is C9H7BrN2O2S. The highest BCUT2D eigenvalue weighted by Gasteiger charge is 2.08. The van der Waals surface area contributed by atoms with E-state index in [1.807, 2.05) is 6.07 Å². The number of rotatable bonds is 3. The Labute approximate surface area is 98.4 Å². The number of nitrogens with one attached hydrogen (secondary N) is 1. The monoisotopic (exact) mass is 286 g/mol. The number of aromatic nitrogens is 1. The number of thiophene rings is 1. The van der Waals surface area contributed by atoms with E-state index in [0.717, 1.165) is 3.79 Å². The summed E-state index contributed by atoms with van der Waals surface area (Å²) in [4.78, 5) is 12.2. The quantitative estimate of drug-likeness (QED) is 0.943. The van der Waals surface area contributed by atoms with Crippen molar-refractivity contribution in [3.63, 3.8) is 0 Å². The van der Waals surface area contributed by atoms with Crippen molar-refractivity contribution < 1.29 is 9.32 Å². The van der Waals surface area contributed by atoms with E-state index in [9.17, 15) is 4.79 Å². The molecule has 0 aliphatic carbocycles. The fourth-order valence-corrected chi connectivity index (χ4v) is 2.33. The molecule has 2 rings (SSSR count). The van der Waals surface area contributed by atoms with Crippen LogP contribution in [0, 0.1) is 0 Å². The lowest BCUT2D eigenvalue weighted by Gasteiger charge is -1.99. The Kier molecular flexibility index (Phi) is 3.17. The second-order valence-electron chi connectivity index (χ2n) is 2.78. The van der Waals surface area contributed by atoms with Crippen LogP contribution in [0.2, 0.25) is 0 Å². The van der Waals surface area contributed by atoms with Gasteiger partial charge in [0, 0.05) is 6.07 Å². The minimum atomic E-state index is -0.103. The van der Waals surface area contributed by atoms with Crippen molar-refractivity contribution in [1.29, 1.82) is 0 Å². The van der Waals surface area contributed by atoms with Crippen LogP contribution in [0.25, 0.3) is 0 Å². The number of carbonyl (C=O) groups is 1. The van der Waals surface area contributed by atoms with Gasteiger partial charge in [-0.05, 0) is 28.1 Å². The summed E-state index contributed by atoms with van der Waals surface area (Å²) in [5, 5.41) is 6.43. The maximum atomic E-state index is 11.6. The van der Waals surface area contributed by atoms with Crippen LogP contribution < -0.4 is 5.32 Å². The van der Waals surface area contributed by atoms with Gasteiger partial charge in [0.15, 0.2) is 0 Å². The smallest absolute Gasteiger partial charge is 0.261 e. The molecule has 2 aromatic rings. The molecule has 0 radical (unpaired) electrons. The first-order valence-electron chi connectivity index (χ1n) is 4.18. The molecular weight excluding hydrogens is 280 g/mol. The molecule has 2 heterocycles. The molecule has 6 heteroatoms. The second kappa shape index (κ2) is 4.59. The van der Waals surface area contributed by atoms with Crippen LogP contribution in [-0.4, -0.2) is 11.1 Å². The van der Waals surface area contributed by atoms with Crippen molar-refractivity contribution in [2.45, 2.75) is 6.54 Å². The molecule has 78 valence electrons. The molecule has 1 amide bonds. The van der Waals surface area contributed by atoms with E-state index < -0.39 is 0 Å². The molecule has 0 bridgehead atoms. The summed E-state index contributed by atoms with van der Waals surface area (Å²) >= 11 is 4.70. The number of hydrogen-bond acceptors (Lipinski definition) is 4. The van der Waals surface area contributed by atoms with Gasteiger partial charge in [0.1, 0.15) is 12.0 Å². The van der Waals surface area contributed by atoms with Gasteiger partial charge in [0.2, 0.25) is 0 Å². The van der Waals surface area contributed by atoms with Crippen LogP contribution in [0.1, 0.15) is 15.4 Å². The van der Waals surface area contributed by atoms with Crippen molar-refractivity contribution in [2.75, 3.05) is 0 Å². The first-order chi connectivity index (χ1) is 7.25. The molecule has 0 unspecified atom stereocenters. The normalized spacial score (nSPS) is 10.2. The largest absolute Gasteiger partial charge is 0.364 e. The highest BCUT2D eigenvalue weighted by Crippen LogP contribution is 2.21. The fraction of sp³-hybridized carbons (Fsp3) is 0.111. The molecule has 0 saturated heterocycles. The average Bonchev–Trinajstić information content (AvgIpc) is 2.84. The zero-order valence-corrected chi connectivity index (χ0v) is 9.97. The van der Waals surface area contributed by atoms with Gasteiger partial charge in [-0.25, -0.2) is 0 Å². The van der Waals surface area contributed by atoms with Crippen LogP contribution in [0.5, 0.6) is 0 Å². The average molecular weight is 287 g/mol. The molecule has 0 aliphatic rings. The molecule has 0 aromatic carbocycles. The topological polar surface area (TPSA) is 55.1 Å². The zero-order valence-electron chi connectivity index (χ0n) is 7.57. The molecule has 0 spiro atoms. The van der Waals surface area contributed by atoms with E-state index in [1.54, 1.807) is 12.1 Å². The van der Waals surface area contributed by atoms with Gasteiger partial charge >= 0.3 is 0 Å². The molecule has 2 aromatic heterocycles. The second-order valence-corrected chi connectivity index (χ2v) is 5.24. The Morgan fingerprint density at radius 1 is 1.53 bits per heavy atom. The lowest BCUT2D eigenvalue weighted by Crippen LogP contribution is -2.21. The van der Waals surface area contributed by atoms with Crippen molar-refractivity contribution in [1.82, 2.24) is 10.5 Å².